The van der Waals surface area contributed by atoms with Crippen LogP contribution in [0.2, 0.25) is 0 Å². The summed E-state index contributed by atoms with van der Waals surface area (Å²) < 4.78 is 0. The number of hydrogen-bond donors (Lipinski definition) is 2. The molecule has 0 amide bonds. The lowest BCUT2D eigenvalue weighted by Crippen LogP contribution is -2.19. The highest BCUT2D eigenvalue weighted by Gasteiger charge is 2.02. The summed E-state index contributed by atoms with van der Waals surface area (Å²) in [6, 6.07) is 7.66. The lowest BCUT2D eigenvalue weighted by atomic mass is 10.1. The molecule has 0 spiro atoms. The number of nitrogens with one attached hydrogen (secondary N) is 1. The number of aromatic hydroxyl groups is 1. The topological polar surface area (TPSA) is 56.0 Å². The molecule has 0 aliphatic rings. The van der Waals surface area contributed by atoms with Crippen LogP contribution in [0.3, 0.4) is 0 Å². The van der Waals surface area contributed by atoms with Crippen LogP contribution in [0.1, 0.15) is 18.1 Å². The van der Waals surface area contributed by atoms with E-state index in [9.17, 15) is 5.11 Å². The van der Waals surface area contributed by atoms with Gasteiger partial charge in [0.15, 0.2) is 0 Å². The largest absolute Gasteiger partial charge is 0.508 e. The number of phenolic OH excluding ortho intramolecular Hbond substituents is 1. The highest BCUT2D eigenvalue weighted by Crippen LogP contribution is 2.17. The molecule has 3 nitrogen and oxygen atoms in total. The van der Waals surface area contributed by atoms with Gasteiger partial charge in [-0.05, 0) is 19.9 Å². The fraction of sp³-hybridized carbons (Fsp3) is 0.417. The molecule has 1 aromatic rings. The molecule has 1 aromatic carbocycles. The minimum absolute atomic E-state index is 0.00282. The number of aryl methyl sites for hydroxylation is 1. The maximum atomic E-state index is 9.55. The standard InChI is InChI=1S/C12H16N2O/c1-9-3-4-12(15)11(5-9)8-14-7-10(2)6-13/h3-5,10,14-15H,7-8H2,1-2H3. The lowest BCUT2D eigenvalue weighted by molar-refractivity contribution is 0.463. The molecule has 1 rings (SSSR count). The van der Waals surface area contributed by atoms with E-state index in [2.05, 4.69) is 11.4 Å². The zero-order valence-corrected chi connectivity index (χ0v) is 9.12. The van der Waals surface area contributed by atoms with Gasteiger partial charge in [-0.1, -0.05) is 17.7 Å². The van der Waals surface area contributed by atoms with Crippen LogP contribution in [0.25, 0.3) is 0 Å². The van der Waals surface area contributed by atoms with Crippen molar-refractivity contribution in [3.05, 3.63) is 29.3 Å². The highest BCUT2D eigenvalue weighted by atomic mass is 16.3. The molecule has 80 valence electrons. The molecule has 0 aliphatic carbocycles. The van der Waals surface area contributed by atoms with Crippen LogP contribution in [-0.2, 0) is 6.54 Å². The first-order chi connectivity index (χ1) is 7.13. The van der Waals surface area contributed by atoms with Crippen molar-refractivity contribution >= 4 is 0 Å². The van der Waals surface area contributed by atoms with E-state index in [0.29, 0.717) is 18.8 Å². The Labute approximate surface area is 90.4 Å². The van der Waals surface area contributed by atoms with Crippen molar-refractivity contribution in [2.75, 3.05) is 6.54 Å². The predicted octanol–water partition coefficient (Wildman–Crippen LogP) is 1.95. The van der Waals surface area contributed by atoms with E-state index in [1.807, 2.05) is 26.0 Å². The summed E-state index contributed by atoms with van der Waals surface area (Å²) >= 11 is 0. The molecule has 0 saturated carbocycles. The molecular weight excluding hydrogens is 188 g/mol. The van der Waals surface area contributed by atoms with Crippen molar-refractivity contribution < 1.29 is 5.11 Å². The molecule has 0 saturated heterocycles. The summed E-state index contributed by atoms with van der Waals surface area (Å²) in [6.45, 7) is 5.09. The van der Waals surface area contributed by atoms with Crippen molar-refractivity contribution in [3.63, 3.8) is 0 Å². The van der Waals surface area contributed by atoms with Crippen molar-refractivity contribution in [1.29, 1.82) is 5.26 Å². The van der Waals surface area contributed by atoms with Gasteiger partial charge < -0.3 is 10.4 Å². The van der Waals surface area contributed by atoms with Gasteiger partial charge in [-0.15, -0.1) is 0 Å². The van der Waals surface area contributed by atoms with Gasteiger partial charge in [-0.3, -0.25) is 0 Å². The van der Waals surface area contributed by atoms with E-state index in [-0.39, 0.29) is 5.92 Å². The van der Waals surface area contributed by atoms with Crippen LogP contribution in [-0.4, -0.2) is 11.7 Å². The Bertz CT molecular complexity index is 368. The van der Waals surface area contributed by atoms with Crippen LogP contribution in [0, 0.1) is 24.2 Å². The van der Waals surface area contributed by atoms with Gasteiger partial charge in [0.2, 0.25) is 0 Å². The molecule has 1 unspecified atom stereocenters. The van der Waals surface area contributed by atoms with Crippen molar-refractivity contribution in [3.8, 4) is 11.8 Å². The number of phenols is 1. The van der Waals surface area contributed by atoms with E-state index in [0.717, 1.165) is 11.1 Å². The third-order valence-corrected chi connectivity index (χ3v) is 2.22. The van der Waals surface area contributed by atoms with Gasteiger partial charge in [0.25, 0.3) is 0 Å². The second kappa shape index (κ2) is 5.38. The van der Waals surface area contributed by atoms with Gasteiger partial charge in [0.1, 0.15) is 5.75 Å². The molecule has 15 heavy (non-hydrogen) atoms. The van der Waals surface area contributed by atoms with E-state index in [1.165, 1.54) is 0 Å². The van der Waals surface area contributed by atoms with Gasteiger partial charge in [0, 0.05) is 18.7 Å². The molecule has 1 atom stereocenters. The summed E-state index contributed by atoms with van der Waals surface area (Å²) in [4.78, 5) is 0. The number of nitriles is 1. The normalized spacial score (nSPS) is 12.1. The van der Waals surface area contributed by atoms with E-state index in [1.54, 1.807) is 6.07 Å². The summed E-state index contributed by atoms with van der Waals surface area (Å²) in [6.07, 6.45) is 0. The summed E-state index contributed by atoms with van der Waals surface area (Å²) in [5.74, 6) is 0.301. The number of nitrogens with zero attached hydrogens (tertiary/aromatic N) is 1. The first-order valence-corrected chi connectivity index (χ1v) is 5.02. The van der Waals surface area contributed by atoms with Gasteiger partial charge in [0.05, 0.1) is 12.0 Å². The first-order valence-electron chi connectivity index (χ1n) is 5.02. The lowest BCUT2D eigenvalue weighted by Gasteiger charge is -2.08. The maximum Gasteiger partial charge on any atom is 0.120 e. The molecule has 2 N–H and O–H groups in total. The Kier molecular flexibility index (Phi) is 4.14. The fourth-order valence-corrected chi connectivity index (χ4v) is 1.32. The van der Waals surface area contributed by atoms with E-state index in [4.69, 9.17) is 5.26 Å². The quantitative estimate of drug-likeness (QED) is 0.788. The zero-order chi connectivity index (χ0) is 11.3. The third kappa shape index (κ3) is 3.61. The Morgan fingerprint density at radius 1 is 1.53 bits per heavy atom. The summed E-state index contributed by atoms with van der Waals surface area (Å²) in [5, 5.41) is 21.3. The molecule has 0 aliphatic heterocycles. The Morgan fingerprint density at radius 3 is 2.93 bits per heavy atom. The Balaban J connectivity index is 2.51. The monoisotopic (exact) mass is 204 g/mol. The number of hydrogen-bond acceptors (Lipinski definition) is 3. The van der Waals surface area contributed by atoms with Gasteiger partial charge in [-0.2, -0.15) is 5.26 Å². The van der Waals surface area contributed by atoms with Crippen LogP contribution in [0.5, 0.6) is 5.75 Å². The van der Waals surface area contributed by atoms with Crippen LogP contribution >= 0.6 is 0 Å². The van der Waals surface area contributed by atoms with Gasteiger partial charge >= 0.3 is 0 Å². The Morgan fingerprint density at radius 2 is 2.27 bits per heavy atom. The molecular formula is C12H16N2O. The minimum atomic E-state index is -0.00282. The van der Waals surface area contributed by atoms with Crippen LogP contribution in [0.4, 0.5) is 0 Å². The summed E-state index contributed by atoms with van der Waals surface area (Å²) in [5.41, 5.74) is 2.00. The minimum Gasteiger partial charge on any atom is -0.508 e. The molecule has 0 radical (unpaired) electrons. The maximum absolute atomic E-state index is 9.55. The zero-order valence-electron chi connectivity index (χ0n) is 9.12. The highest BCUT2D eigenvalue weighted by molar-refractivity contribution is 5.35. The smallest absolute Gasteiger partial charge is 0.120 e. The van der Waals surface area contributed by atoms with E-state index < -0.39 is 0 Å². The second-order valence-corrected chi connectivity index (χ2v) is 3.79. The first kappa shape index (κ1) is 11.5. The van der Waals surface area contributed by atoms with Gasteiger partial charge in [-0.25, -0.2) is 0 Å². The molecule has 0 heterocycles. The Hall–Kier alpha value is -1.53. The van der Waals surface area contributed by atoms with E-state index >= 15 is 0 Å². The summed E-state index contributed by atoms with van der Waals surface area (Å²) in [7, 11) is 0. The molecule has 0 fully saturated rings. The average Bonchev–Trinajstić information content (AvgIpc) is 2.23. The number of rotatable bonds is 4. The SMILES string of the molecule is Cc1ccc(O)c(CNCC(C)C#N)c1. The molecule has 0 bridgehead atoms. The predicted molar refractivity (Wildman–Crippen MR) is 59.3 cm³/mol. The average molecular weight is 204 g/mol. The van der Waals surface area contributed by atoms with Crippen LogP contribution in [0.15, 0.2) is 18.2 Å². The van der Waals surface area contributed by atoms with Crippen molar-refractivity contribution in [2.24, 2.45) is 5.92 Å². The molecule has 3 heteroatoms. The van der Waals surface area contributed by atoms with Crippen LogP contribution < -0.4 is 5.32 Å². The fourth-order valence-electron chi connectivity index (χ4n) is 1.32. The second-order valence-electron chi connectivity index (χ2n) is 3.79. The molecule has 0 aromatic heterocycles. The van der Waals surface area contributed by atoms with Crippen molar-refractivity contribution in [2.45, 2.75) is 20.4 Å². The van der Waals surface area contributed by atoms with Crippen molar-refractivity contribution in [1.82, 2.24) is 5.32 Å². The third-order valence-electron chi connectivity index (χ3n) is 2.22. The number of benzene rings is 1.